The number of nitrogens with zero attached hydrogens (tertiary/aromatic N) is 4. The molecule has 2 N–H and O–H groups in total. The maximum atomic E-state index is 13.6. The van der Waals surface area contributed by atoms with E-state index in [9.17, 15) is 4.39 Å². The van der Waals surface area contributed by atoms with E-state index >= 15 is 0 Å². The zero-order valence-corrected chi connectivity index (χ0v) is 12.3. The van der Waals surface area contributed by atoms with E-state index in [0.29, 0.717) is 23.9 Å². The Morgan fingerprint density at radius 1 is 1.35 bits per heavy atom. The Morgan fingerprint density at radius 2 is 2.05 bits per heavy atom. The third kappa shape index (κ3) is 2.95. The van der Waals surface area contributed by atoms with Crippen molar-refractivity contribution in [3.05, 3.63) is 24.0 Å². The summed E-state index contributed by atoms with van der Waals surface area (Å²) >= 11 is 0. The summed E-state index contributed by atoms with van der Waals surface area (Å²) in [4.78, 5) is 0. The molecular weight excluding hydrogens is 257 g/mol. The predicted octanol–water partition coefficient (Wildman–Crippen LogP) is 2.74. The Balaban J connectivity index is 2.31. The molecule has 1 aromatic heterocycles. The van der Waals surface area contributed by atoms with Crippen molar-refractivity contribution < 1.29 is 4.39 Å². The molecule has 6 heteroatoms. The van der Waals surface area contributed by atoms with E-state index < -0.39 is 5.82 Å². The van der Waals surface area contributed by atoms with Crippen LogP contribution in [0.5, 0.6) is 0 Å². The molecule has 108 valence electrons. The molecule has 0 aliphatic heterocycles. The van der Waals surface area contributed by atoms with Crippen molar-refractivity contribution in [1.82, 2.24) is 20.2 Å². The molecule has 0 spiro atoms. The second-order valence-corrected chi connectivity index (χ2v) is 6.19. The Kier molecular flexibility index (Phi) is 3.74. The average molecular weight is 277 g/mol. The molecule has 0 saturated heterocycles. The largest absolute Gasteiger partial charge is 0.396 e. The highest BCUT2D eigenvalue weighted by atomic mass is 19.1. The maximum absolute atomic E-state index is 13.6. The molecule has 2 rings (SSSR count). The molecule has 1 unspecified atom stereocenters. The smallest absolute Gasteiger partial charge is 0.182 e. The van der Waals surface area contributed by atoms with Gasteiger partial charge in [-0.2, -0.15) is 0 Å². The predicted molar refractivity (Wildman–Crippen MR) is 76.2 cm³/mol. The third-order valence-electron chi connectivity index (χ3n) is 3.72. The van der Waals surface area contributed by atoms with Crippen molar-refractivity contribution in [2.45, 2.75) is 34.2 Å². The van der Waals surface area contributed by atoms with Gasteiger partial charge in [0.2, 0.25) is 0 Å². The average Bonchev–Trinajstić information content (AvgIpc) is 2.79. The van der Waals surface area contributed by atoms with Crippen molar-refractivity contribution in [1.29, 1.82) is 0 Å². The molecule has 0 amide bonds. The van der Waals surface area contributed by atoms with Crippen molar-refractivity contribution in [3.63, 3.8) is 0 Å². The van der Waals surface area contributed by atoms with Crippen LogP contribution in [-0.4, -0.2) is 20.2 Å². The van der Waals surface area contributed by atoms with Crippen molar-refractivity contribution in [2.24, 2.45) is 11.3 Å². The van der Waals surface area contributed by atoms with Gasteiger partial charge in [-0.05, 0) is 40.0 Å². The van der Waals surface area contributed by atoms with Crippen LogP contribution in [0.15, 0.2) is 18.2 Å². The number of nitrogen functional groups attached to an aromatic ring is 1. The van der Waals surface area contributed by atoms with Crippen molar-refractivity contribution in [3.8, 4) is 11.4 Å². The molecular formula is C14H20FN5. The van der Waals surface area contributed by atoms with Gasteiger partial charge in [-0.25, -0.2) is 9.07 Å². The van der Waals surface area contributed by atoms with E-state index in [2.05, 4.69) is 43.2 Å². The lowest BCUT2D eigenvalue weighted by Gasteiger charge is -2.27. The van der Waals surface area contributed by atoms with E-state index in [1.807, 2.05) is 0 Å². The van der Waals surface area contributed by atoms with Gasteiger partial charge in [-0.3, -0.25) is 0 Å². The number of hydrogen-bond donors (Lipinski definition) is 1. The fourth-order valence-corrected chi connectivity index (χ4v) is 1.73. The summed E-state index contributed by atoms with van der Waals surface area (Å²) in [6.07, 6.45) is 0. The summed E-state index contributed by atoms with van der Waals surface area (Å²) < 4.78 is 15.3. The topological polar surface area (TPSA) is 69.6 Å². The Morgan fingerprint density at radius 3 is 2.65 bits per heavy atom. The summed E-state index contributed by atoms with van der Waals surface area (Å²) in [5.74, 6) is 0.476. The monoisotopic (exact) mass is 277 g/mol. The van der Waals surface area contributed by atoms with Crippen LogP contribution < -0.4 is 5.73 Å². The number of tetrazole rings is 1. The highest BCUT2D eigenvalue weighted by Crippen LogP contribution is 2.28. The van der Waals surface area contributed by atoms with Gasteiger partial charge in [0.15, 0.2) is 5.82 Å². The molecule has 0 saturated carbocycles. The molecule has 0 aliphatic rings. The minimum atomic E-state index is -0.457. The molecule has 0 radical (unpaired) electrons. The zero-order valence-electron chi connectivity index (χ0n) is 12.3. The van der Waals surface area contributed by atoms with E-state index in [1.165, 1.54) is 12.1 Å². The molecule has 1 atom stereocenters. The standard InChI is InChI=1S/C14H20FN5/c1-9(14(2,3)4)8-20-13(17-18-19-20)10-5-6-12(16)11(15)7-10/h5-7,9H,8,16H2,1-4H3. The van der Waals surface area contributed by atoms with Gasteiger partial charge in [0.1, 0.15) is 5.82 Å². The first kappa shape index (κ1) is 14.4. The van der Waals surface area contributed by atoms with Crippen molar-refractivity contribution in [2.75, 3.05) is 5.73 Å². The molecule has 1 heterocycles. The number of nitrogens with two attached hydrogens (primary N) is 1. The fraction of sp³-hybridized carbons (Fsp3) is 0.500. The number of hydrogen-bond acceptors (Lipinski definition) is 4. The summed E-state index contributed by atoms with van der Waals surface area (Å²) in [6.45, 7) is 9.34. The van der Waals surface area contributed by atoms with Gasteiger partial charge in [-0.15, -0.1) is 5.10 Å². The highest BCUT2D eigenvalue weighted by Gasteiger charge is 2.22. The normalized spacial score (nSPS) is 13.4. The lowest BCUT2D eigenvalue weighted by atomic mass is 9.82. The van der Waals surface area contributed by atoms with Crippen LogP contribution in [0.4, 0.5) is 10.1 Å². The highest BCUT2D eigenvalue weighted by molar-refractivity contribution is 5.59. The Bertz CT molecular complexity index is 600. The summed E-state index contributed by atoms with van der Waals surface area (Å²) in [6, 6.07) is 4.61. The molecule has 1 aromatic carbocycles. The van der Waals surface area contributed by atoms with Crippen LogP contribution in [0.3, 0.4) is 0 Å². The molecule has 0 bridgehead atoms. The van der Waals surface area contributed by atoms with Gasteiger partial charge in [0.05, 0.1) is 5.69 Å². The molecule has 0 aliphatic carbocycles. The van der Waals surface area contributed by atoms with Gasteiger partial charge < -0.3 is 5.73 Å². The number of anilines is 1. The zero-order chi connectivity index (χ0) is 14.9. The molecule has 0 fully saturated rings. The first-order valence-corrected chi connectivity index (χ1v) is 6.60. The quantitative estimate of drug-likeness (QED) is 0.876. The minimum absolute atomic E-state index is 0.121. The maximum Gasteiger partial charge on any atom is 0.182 e. The SMILES string of the molecule is CC(Cn1nnnc1-c1ccc(N)c(F)c1)C(C)(C)C. The second kappa shape index (κ2) is 5.19. The van der Waals surface area contributed by atoms with Crippen LogP contribution >= 0.6 is 0 Å². The first-order chi connectivity index (χ1) is 9.29. The minimum Gasteiger partial charge on any atom is -0.396 e. The molecule has 20 heavy (non-hydrogen) atoms. The fourth-order valence-electron chi connectivity index (χ4n) is 1.73. The van der Waals surface area contributed by atoms with Crippen LogP contribution in [-0.2, 0) is 6.54 Å². The van der Waals surface area contributed by atoms with E-state index in [4.69, 9.17) is 5.73 Å². The second-order valence-electron chi connectivity index (χ2n) is 6.19. The first-order valence-electron chi connectivity index (χ1n) is 6.60. The molecule has 2 aromatic rings. The van der Waals surface area contributed by atoms with Crippen LogP contribution in [0.2, 0.25) is 0 Å². The van der Waals surface area contributed by atoms with Crippen LogP contribution in [0, 0.1) is 17.2 Å². The molecule has 5 nitrogen and oxygen atoms in total. The van der Waals surface area contributed by atoms with E-state index in [-0.39, 0.29) is 11.1 Å². The third-order valence-corrected chi connectivity index (χ3v) is 3.72. The Labute approximate surface area is 118 Å². The lowest BCUT2D eigenvalue weighted by molar-refractivity contribution is 0.225. The Hall–Kier alpha value is -1.98. The van der Waals surface area contributed by atoms with Crippen molar-refractivity contribution >= 4 is 5.69 Å². The van der Waals surface area contributed by atoms with Gasteiger partial charge in [-0.1, -0.05) is 27.7 Å². The number of benzene rings is 1. The van der Waals surface area contributed by atoms with Gasteiger partial charge in [0.25, 0.3) is 0 Å². The number of aromatic nitrogens is 4. The number of halogens is 1. The van der Waals surface area contributed by atoms with Crippen LogP contribution in [0.1, 0.15) is 27.7 Å². The van der Waals surface area contributed by atoms with E-state index in [0.717, 1.165) is 0 Å². The lowest BCUT2D eigenvalue weighted by Crippen LogP contribution is -2.23. The summed E-state index contributed by atoms with van der Waals surface area (Å²) in [5.41, 5.74) is 6.38. The van der Waals surface area contributed by atoms with Gasteiger partial charge >= 0.3 is 0 Å². The summed E-state index contributed by atoms with van der Waals surface area (Å²) in [7, 11) is 0. The number of rotatable bonds is 3. The summed E-state index contributed by atoms with van der Waals surface area (Å²) in [5, 5.41) is 11.7. The van der Waals surface area contributed by atoms with E-state index in [1.54, 1.807) is 10.7 Å². The van der Waals surface area contributed by atoms with Gasteiger partial charge in [0, 0.05) is 12.1 Å². The van der Waals surface area contributed by atoms with Crippen LogP contribution in [0.25, 0.3) is 11.4 Å².